The lowest BCUT2D eigenvalue weighted by Crippen LogP contribution is -2.40. The van der Waals surface area contributed by atoms with Crippen LogP contribution in [0.25, 0.3) is 0 Å². The number of benzene rings is 1. The van der Waals surface area contributed by atoms with E-state index in [1.807, 2.05) is 4.90 Å². The average Bonchev–Trinajstić information content (AvgIpc) is 2.43. The van der Waals surface area contributed by atoms with Crippen LogP contribution in [0.1, 0.15) is 24.8 Å². The standard InChI is InChI=1S/C14H18ClFN2O/c15-12-8-11(4-5-13(12)16)9-17-10-14(19)18-6-2-1-3-7-18/h4-5,8,17H,1-3,6-7,9-10H2. The summed E-state index contributed by atoms with van der Waals surface area (Å²) < 4.78 is 13.0. The van der Waals surface area contributed by atoms with Crippen LogP contribution in [-0.2, 0) is 11.3 Å². The molecule has 1 aromatic carbocycles. The molecule has 1 aromatic rings. The number of piperidine rings is 1. The molecule has 1 aliphatic heterocycles. The Morgan fingerprint density at radius 1 is 1.32 bits per heavy atom. The van der Waals surface area contributed by atoms with E-state index in [4.69, 9.17) is 11.6 Å². The minimum absolute atomic E-state index is 0.113. The molecule has 1 amide bonds. The first-order valence-electron chi connectivity index (χ1n) is 6.59. The Labute approximate surface area is 117 Å². The highest BCUT2D eigenvalue weighted by Gasteiger charge is 2.15. The van der Waals surface area contributed by atoms with Crippen molar-refractivity contribution in [3.8, 4) is 0 Å². The summed E-state index contributed by atoms with van der Waals surface area (Å²) in [6, 6.07) is 4.58. The van der Waals surface area contributed by atoms with Gasteiger partial charge in [-0.1, -0.05) is 17.7 Å². The zero-order chi connectivity index (χ0) is 13.7. The topological polar surface area (TPSA) is 32.3 Å². The quantitative estimate of drug-likeness (QED) is 0.922. The van der Waals surface area contributed by atoms with Crippen LogP contribution in [0.15, 0.2) is 18.2 Å². The van der Waals surface area contributed by atoms with Gasteiger partial charge in [0.05, 0.1) is 11.6 Å². The highest BCUT2D eigenvalue weighted by molar-refractivity contribution is 6.30. The summed E-state index contributed by atoms with van der Waals surface area (Å²) in [4.78, 5) is 13.8. The van der Waals surface area contributed by atoms with E-state index >= 15 is 0 Å². The SMILES string of the molecule is O=C(CNCc1ccc(F)c(Cl)c1)N1CCCCC1. The maximum atomic E-state index is 13.0. The summed E-state index contributed by atoms with van der Waals surface area (Å²) in [6.45, 7) is 2.56. The van der Waals surface area contributed by atoms with Crippen molar-refractivity contribution in [2.45, 2.75) is 25.8 Å². The number of carbonyl (C=O) groups is 1. The molecule has 19 heavy (non-hydrogen) atoms. The van der Waals surface area contributed by atoms with Crippen LogP contribution < -0.4 is 5.32 Å². The average molecular weight is 285 g/mol. The van der Waals surface area contributed by atoms with Gasteiger partial charge in [-0.05, 0) is 37.0 Å². The van der Waals surface area contributed by atoms with Crippen molar-refractivity contribution in [2.75, 3.05) is 19.6 Å². The van der Waals surface area contributed by atoms with Gasteiger partial charge < -0.3 is 10.2 Å². The molecule has 2 rings (SSSR count). The van der Waals surface area contributed by atoms with Crippen molar-refractivity contribution < 1.29 is 9.18 Å². The number of carbonyl (C=O) groups excluding carboxylic acids is 1. The molecule has 104 valence electrons. The summed E-state index contributed by atoms with van der Waals surface area (Å²) in [5.41, 5.74) is 0.873. The van der Waals surface area contributed by atoms with E-state index < -0.39 is 5.82 Å². The van der Waals surface area contributed by atoms with E-state index in [2.05, 4.69) is 5.32 Å². The van der Waals surface area contributed by atoms with Crippen molar-refractivity contribution in [1.82, 2.24) is 10.2 Å². The Bertz CT molecular complexity index is 447. The Hall–Kier alpha value is -1.13. The maximum absolute atomic E-state index is 13.0. The van der Waals surface area contributed by atoms with Gasteiger partial charge >= 0.3 is 0 Å². The Morgan fingerprint density at radius 3 is 2.74 bits per heavy atom. The van der Waals surface area contributed by atoms with Gasteiger partial charge in [-0.2, -0.15) is 0 Å². The molecule has 1 fully saturated rings. The molecule has 0 atom stereocenters. The summed E-state index contributed by atoms with van der Waals surface area (Å²) in [7, 11) is 0. The van der Waals surface area contributed by atoms with Gasteiger partial charge in [0.1, 0.15) is 5.82 Å². The first kappa shape index (κ1) is 14.3. The molecule has 1 N–H and O–H groups in total. The summed E-state index contributed by atoms with van der Waals surface area (Å²) >= 11 is 5.70. The first-order chi connectivity index (χ1) is 9.16. The minimum Gasteiger partial charge on any atom is -0.342 e. The molecule has 0 unspecified atom stereocenters. The van der Waals surface area contributed by atoms with Crippen LogP contribution >= 0.6 is 11.6 Å². The van der Waals surface area contributed by atoms with Crippen LogP contribution in [0.4, 0.5) is 4.39 Å². The number of nitrogens with one attached hydrogen (secondary N) is 1. The second-order valence-electron chi connectivity index (χ2n) is 4.79. The highest BCUT2D eigenvalue weighted by atomic mass is 35.5. The van der Waals surface area contributed by atoms with Crippen molar-refractivity contribution in [3.63, 3.8) is 0 Å². The summed E-state index contributed by atoms with van der Waals surface area (Å²) in [6.07, 6.45) is 3.41. The van der Waals surface area contributed by atoms with Crippen LogP contribution in [0.3, 0.4) is 0 Å². The van der Waals surface area contributed by atoms with E-state index in [1.54, 1.807) is 12.1 Å². The second kappa shape index (κ2) is 6.87. The first-order valence-corrected chi connectivity index (χ1v) is 6.97. The van der Waals surface area contributed by atoms with Crippen LogP contribution in [0.2, 0.25) is 5.02 Å². The smallest absolute Gasteiger partial charge is 0.236 e. The number of halogens is 2. The lowest BCUT2D eigenvalue weighted by molar-refractivity contribution is -0.131. The van der Waals surface area contributed by atoms with Crippen molar-refractivity contribution >= 4 is 17.5 Å². The van der Waals surface area contributed by atoms with Gasteiger partial charge in [-0.25, -0.2) is 4.39 Å². The molecule has 1 heterocycles. The molecule has 0 aromatic heterocycles. The largest absolute Gasteiger partial charge is 0.342 e. The number of nitrogens with zero attached hydrogens (tertiary/aromatic N) is 1. The maximum Gasteiger partial charge on any atom is 0.236 e. The van der Waals surface area contributed by atoms with Gasteiger partial charge in [0, 0.05) is 19.6 Å². The molecule has 0 spiro atoms. The normalized spacial score (nSPS) is 15.6. The Morgan fingerprint density at radius 2 is 2.05 bits per heavy atom. The van der Waals surface area contributed by atoms with Crippen molar-refractivity contribution in [3.05, 3.63) is 34.6 Å². The third-order valence-electron chi connectivity index (χ3n) is 3.30. The van der Waals surface area contributed by atoms with Crippen molar-refractivity contribution in [1.29, 1.82) is 0 Å². The number of amides is 1. The molecule has 1 aliphatic rings. The fourth-order valence-electron chi connectivity index (χ4n) is 2.22. The molecular formula is C14H18ClFN2O. The zero-order valence-corrected chi connectivity index (χ0v) is 11.5. The molecule has 0 saturated carbocycles. The fraction of sp³-hybridized carbons (Fsp3) is 0.500. The Kier molecular flexibility index (Phi) is 5.16. The van der Waals surface area contributed by atoms with Gasteiger partial charge in [0.25, 0.3) is 0 Å². The van der Waals surface area contributed by atoms with Crippen LogP contribution in [-0.4, -0.2) is 30.4 Å². The number of rotatable bonds is 4. The molecule has 0 bridgehead atoms. The minimum atomic E-state index is -0.421. The molecule has 0 radical (unpaired) electrons. The molecule has 5 heteroatoms. The third-order valence-corrected chi connectivity index (χ3v) is 3.59. The van der Waals surface area contributed by atoms with Crippen LogP contribution in [0.5, 0.6) is 0 Å². The van der Waals surface area contributed by atoms with Gasteiger partial charge in [-0.15, -0.1) is 0 Å². The predicted octanol–water partition coefficient (Wildman–Crippen LogP) is 2.58. The summed E-state index contributed by atoms with van der Waals surface area (Å²) in [5.74, 6) is -0.289. The molecule has 1 saturated heterocycles. The van der Waals surface area contributed by atoms with E-state index in [1.165, 1.54) is 12.5 Å². The van der Waals surface area contributed by atoms with Gasteiger partial charge in [0.2, 0.25) is 5.91 Å². The van der Waals surface area contributed by atoms with E-state index in [9.17, 15) is 9.18 Å². The monoisotopic (exact) mass is 284 g/mol. The number of hydrogen-bond acceptors (Lipinski definition) is 2. The predicted molar refractivity (Wildman–Crippen MR) is 73.5 cm³/mol. The summed E-state index contributed by atoms with van der Waals surface area (Å²) in [5, 5.41) is 3.19. The lowest BCUT2D eigenvalue weighted by atomic mass is 10.1. The van der Waals surface area contributed by atoms with E-state index in [0.717, 1.165) is 31.5 Å². The van der Waals surface area contributed by atoms with E-state index in [0.29, 0.717) is 13.1 Å². The third kappa shape index (κ3) is 4.18. The second-order valence-corrected chi connectivity index (χ2v) is 5.20. The Balaban J connectivity index is 1.76. The zero-order valence-electron chi connectivity index (χ0n) is 10.8. The number of likely N-dealkylation sites (tertiary alicyclic amines) is 1. The molecule has 0 aliphatic carbocycles. The van der Waals surface area contributed by atoms with Gasteiger partial charge in [0.15, 0.2) is 0 Å². The lowest BCUT2D eigenvalue weighted by Gasteiger charge is -2.26. The highest BCUT2D eigenvalue weighted by Crippen LogP contribution is 2.15. The number of hydrogen-bond donors (Lipinski definition) is 1. The fourth-order valence-corrected chi connectivity index (χ4v) is 2.42. The van der Waals surface area contributed by atoms with Gasteiger partial charge in [-0.3, -0.25) is 4.79 Å². The van der Waals surface area contributed by atoms with E-state index in [-0.39, 0.29) is 10.9 Å². The molecular weight excluding hydrogens is 267 g/mol. The van der Waals surface area contributed by atoms with Crippen molar-refractivity contribution in [2.24, 2.45) is 0 Å². The van der Waals surface area contributed by atoms with Crippen LogP contribution in [0, 0.1) is 5.82 Å². The molecule has 3 nitrogen and oxygen atoms in total.